The van der Waals surface area contributed by atoms with Crippen molar-refractivity contribution in [3.63, 3.8) is 0 Å². The van der Waals surface area contributed by atoms with Crippen LogP contribution in [-0.2, 0) is 0 Å². The van der Waals surface area contributed by atoms with E-state index in [1.54, 1.807) is 0 Å². The minimum atomic E-state index is -0.695. The van der Waals surface area contributed by atoms with Gasteiger partial charge in [0, 0.05) is 7.05 Å². The Labute approximate surface area is 51.0 Å². The highest BCUT2D eigenvalue weighted by atomic mass is 16.2. The van der Waals surface area contributed by atoms with Crippen LogP contribution in [0.15, 0.2) is 9.59 Å². The SMILES string of the molecule is CNc1c([NH])c(=O)c1=O. The van der Waals surface area contributed by atoms with Gasteiger partial charge < -0.3 is 5.32 Å². The number of hydrogen-bond donors (Lipinski definition) is 1. The van der Waals surface area contributed by atoms with E-state index in [1.807, 2.05) is 0 Å². The summed E-state index contributed by atoms with van der Waals surface area (Å²) in [5.41, 5.74) is 5.50. The van der Waals surface area contributed by atoms with Crippen LogP contribution in [0.5, 0.6) is 0 Å². The van der Waals surface area contributed by atoms with Crippen LogP contribution in [0.4, 0.5) is 11.4 Å². The van der Waals surface area contributed by atoms with Crippen molar-refractivity contribution in [2.75, 3.05) is 12.4 Å². The highest BCUT2D eigenvalue weighted by molar-refractivity contribution is 5.68. The number of nitrogens with one attached hydrogen (secondary N) is 2. The van der Waals surface area contributed by atoms with Crippen LogP contribution >= 0.6 is 0 Å². The fraction of sp³-hybridized carbons (Fsp3) is 0.200. The van der Waals surface area contributed by atoms with E-state index < -0.39 is 10.9 Å². The molecule has 4 heteroatoms. The van der Waals surface area contributed by atoms with Crippen molar-refractivity contribution in [1.29, 1.82) is 0 Å². The zero-order valence-electron chi connectivity index (χ0n) is 4.82. The Morgan fingerprint density at radius 2 is 1.89 bits per heavy atom. The van der Waals surface area contributed by atoms with Gasteiger partial charge >= 0.3 is 0 Å². The summed E-state index contributed by atoms with van der Waals surface area (Å²) >= 11 is 0. The molecule has 2 N–H and O–H groups in total. The van der Waals surface area contributed by atoms with Crippen molar-refractivity contribution >= 4 is 11.4 Å². The first-order valence-electron chi connectivity index (χ1n) is 2.41. The van der Waals surface area contributed by atoms with Gasteiger partial charge in [0.1, 0.15) is 11.4 Å². The predicted octanol–water partition coefficient (Wildman–Crippen LogP) is -0.761. The first kappa shape index (κ1) is 5.81. The third-order valence-corrected chi connectivity index (χ3v) is 1.16. The minimum absolute atomic E-state index is 0.125. The lowest BCUT2D eigenvalue weighted by atomic mass is 10.2. The normalized spacial score (nSPS) is 9.89. The zero-order valence-corrected chi connectivity index (χ0v) is 4.82. The Morgan fingerprint density at radius 1 is 1.33 bits per heavy atom. The molecule has 0 unspecified atom stereocenters. The van der Waals surface area contributed by atoms with Gasteiger partial charge in [-0.2, -0.15) is 0 Å². The molecule has 0 fully saturated rings. The Bertz CT molecular complexity index is 296. The molecule has 0 aliphatic rings. The summed E-state index contributed by atoms with van der Waals surface area (Å²) in [6.07, 6.45) is 0. The van der Waals surface area contributed by atoms with Crippen LogP contribution in [-0.4, -0.2) is 7.05 Å². The third kappa shape index (κ3) is 0.526. The lowest BCUT2D eigenvalue weighted by Crippen LogP contribution is -2.33. The fourth-order valence-electron chi connectivity index (χ4n) is 0.630. The highest BCUT2D eigenvalue weighted by Gasteiger charge is 2.15. The second kappa shape index (κ2) is 1.58. The molecule has 0 aliphatic heterocycles. The van der Waals surface area contributed by atoms with Crippen LogP contribution < -0.4 is 21.9 Å². The number of rotatable bonds is 1. The second-order valence-corrected chi connectivity index (χ2v) is 1.66. The van der Waals surface area contributed by atoms with Crippen LogP contribution in [0.1, 0.15) is 0 Å². The molecule has 0 saturated heterocycles. The van der Waals surface area contributed by atoms with E-state index in [4.69, 9.17) is 5.73 Å². The Balaban J connectivity index is 3.25. The Hall–Kier alpha value is -1.32. The topological polar surface area (TPSA) is 70.0 Å². The quantitative estimate of drug-likeness (QED) is 0.501. The van der Waals surface area contributed by atoms with Gasteiger partial charge in [-0.25, -0.2) is 0 Å². The van der Waals surface area contributed by atoms with Gasteiger partial charge in [0.05, 0.1) is 0 Å². The molecule has 1 radical (unpaired) electrons. The molecule has 4 nitrogen and oxygen atoms in total. The molecular weight excluding hydrogens is 120 g/mol. The fourth-order valence-corrected chi connectivity index (χ4v) is 0.630. The smallest absolute Gasteiger partial charge is 0.255 e. The molecule has 0 amide bonds. The van der Waals surface area contributed by atoms with Crippen molar-refractivity contribution in [3.8, 4) is 0 Å². The standard InChI is InChI=1S/C5H5N2O2/c1-7-3-2(6)4(8)5(3)9/h6-7H,1H3. The van der Waals surface area contributed by atoms with Gasteiger partial charge in [-0.15, -0.1) is 0 Å². The van der Waals surface area contributed by atoms with Gasteiger partial charge in [0.2, 0.25) is 0 Å². The molecule has 1 aromatic rings. The molecule has 0 heterocycles. The summed E-state index contributed by atoms with van der Waals surface area (Å²) in [4.78, 5) is 20.7. The highest BCUT2D eigenvalue weighted by Crippen LogP contribution is 2.08. The summed E-state index contributed by atoms with van der Waals surface area (Å²) in [6, 6.07) is 0. The molecule has 9 heavy (non-hydrogen) atoms. The molecule has 1 rings (SSSR count). The zero-order chi connectivity index (χ0) is 7.02. The summed E-state index contributed by atoms with van der Waals surface area (Å²) in [7, 11) is 1.51. The molecule has 1 aromatic carbocycles. The van der Waals surface area contributed by atoms with Crippen molar-refractivity contribution < 1.29 is 0 Å². The maximum Gasteiger partial charge on any atom is 0.255 e. The first-order valence-corrected chi connectivity index (χ1v) is 2.41. The summed E-state index contributed by atoms with van der Waals surface area (Å²) in [5, 5.41) is 2.45. The molecule has 0 saturated carbocycles. The number of anilines is 1. The van der Waals surface area contributed by atoms with Gasteiger partial charge in [-0.3, -0.25) is 15.3 Å². The van der Waals surface area contributed by atoms with Gasteiger partial charge in [0.25, 0.3) is 10.9 Å². The molecule has 0 aliphatic carbocycles. The van der Waals surface area contributed by atoms with E-state index >= 15 is 0 Å². The average Bonchev–Trinajstić information content (AvgIpc) is 1.89. The van der Waals surface area contributed by atoms with E-state index in [2.05, 4.69) is 5.32 Å². The lowest BCUT2D eigenvalue weighted by molar-refractivity contribution is 1.29. The molecule has 0 bridgehead atoms. The third-order valence-electron chi connectivity index (χ3n) is 1.16. The van der Waals surface area contributed by atoms with E-state index in [0.29, 0.717) is 0 Å². The average molecular weight is 125 g/mol. The first-order chi connectivity index (χ1) is 4.18. The van der Waals surface area contributed by atoms with Crippen LogP contribution in [0.3, 0.4) is 0 Å². The van der Waals surface area contributed by atoms with Gasteiger partial charge in [0.15, 0.2) is 0 Å². The maximum absolute atomic E-state index is 10.4. The van der Waals surface area contributed by atoms with E-state index in [9.17, 15) is 9.59 Å². The minimum Gasteiger partial charge on any atom is -0.383 e. The molecule has 47 valence electrons. The van der Waals surface area contributed by atoms with Crippen molar-refractivity contribution in [1.82, 2.24) is 5.73 Å². The van der Waals surface area contributed by atoms with Gasteiger partial charge in [-0.05, 0) is 0 Å². The van der Waals surface area contributed by atoms with Crippen LogP contribution in [0, 0.1) is 0 Å². The Morgan fingerprint density at radius 3 is 2.11 bits per heavy atom. The summed E-state index contributed by atoms with van der Waals surface area (Å²) in [5.74, 6) is 0. The van der Waals surface area contributed by atoms with Crippen LogP contribution in [0.25, 0.3) is 0 Å². The molecule has 0 spiro atoms. The predicted molar refractivity (Wildman–Crippen MR) is 33.7 cm³/mol. The molecule has 0 aromatic heterocycles. The molecular formula is C5H5N2O2. The summed E-state index contributed by atoms with van der Waals surface area (Å²) in [6.45, 7) is 0. The van der Waals surface area contributed by atoms with E-state index in [-0.39, 0.29) is 11.4 Å². The largest absolute Gasteiger partial charge is 0.383 e. The Kier molecular flexibility index (Phi) is 1.02. The second-order valence-electron chi connectivity index (χ2n) is 1.66. The van der Waals surface area contributed by atoms with E-state index in [1.165, 1.54) is 7.05 Å². The maximum atomic E-state index is 10.4. The monoisotopic (exact) mass is 125 g/mol. The van der Waals surface area contributed by atoms with Crippen LogP contribution in [0.2, 0.25) is 0 Å². The van der Waals surface area contributed by atoms with E-state index in [0.717, 1.165) is 0 Å². The summed E-state index contributed by atoms with van der Waals surface area (Å²) < 4.78 is 0. The lowest BCUT2D eigenvalue weighted by Gasteiger charge is -2.01. The van der Waals surface area contributed by atoms with Gasteiger partial charge in [-0.1, -0.05) is 0 Å². The van der Waals surface area contributed by atoms with Crippen molar-refractivity contribution in [2.24, 2.45) is 0 Å². The number of hydrogen-bond acceptors (Lipinski definition) is 3. The molecule has 0 atom stereocenters. The van der Waals surface area contributed by atoms with Crippen molar-refractivity contribution in [3.05, 3.63) is 20.4 Å². The van der Waals surface area contributed by atoms with Crippen molar-refractivity contribution in [2.45, 2.75) is 0 Å².